The zero-order valence-electron chi connectivity index (χ0n) is 10.2. The van der Waals surface area contributed by atoms with Crippen molar-refractivity contribution < 1.29 is 18.3 Å². The predicted octanol–water partition coefficient (Wildman–Crippen LogP) is 3.00. The number of hydrogen-bond acceptors (Lipinski definition) is 2. The Bertz CT molecular complexity index is 546. The molecule has 1 aromatic heterocycles. The fraction of sp³-hybridized carbons (Fsp3) is 0.308. The summed E-state index contributed by atoms with van der Waals surface area (Å²) in [5.41, 5.74) is -0.351. The maximum atomic E-state index is 12.4. The minimum atomic E-state index is -4.37. The molecule has 1 N–H and O–H groups in total. The molecule has 0 amide bonds. The highest BCUT2D eigenvalue weighted by atomic mass is 19.4. The van der Waals surface area contributed by atoms with E-state index in [1.165, 1.54) is 12.1 Å². The summed E-state index contributed by atoms with van der Waals surface area (Å²) in [5.74, 6) is 0.419. The number of aromatic nitrogens is 2. The van der Waals surface area contributed by atoms with Crippen molar-refractivity contribution in [1.29, 1.82) is 0 Å². The van der Waals surface area contributed by atoms with Gasteiger partial charge in [-0.15, -0.1) is 0 Å². The lowest BCUT2D eigenvalue weighted by atomic mass is 10.1. The van der Waals surface area contributed by atoms with Gasteiger partial charge in [-0.2, -0.15) is 13.2 Å². The van der Waals surface area contributed by atoms with Crippen molar-refractivity contribution in [3.8, 4) is 0 Å². The van der Waals surface area contributed by atoms with Crippen LogP contribution in [0.2, 0.25) is 0 Å². The Kier molecular flexibility index (Phi) is 3.61. The molecule has 0 fully saturated rings. The van der Waals surface area contributed by atoms with Gasteiger partial charge in [0.1, 0.15) is 11.9 Å². The van der Waals surface area contributed by atoms with E-state index in [9.17, 15) is 18.3 Å². The summed E-state index contributed by atoms with van der Waals surface area (Å²) in [4.78, 5) is 4.03. The Balaban J connectivity index is 2.28. The number of alkyl halides is 3. The van der Waals surface area contributed by atoms with E-state index in [0.717, 1.165) is 12.1 Å². The zero-order valence-corrected chi connectivity index (χ0v) is 10.2. The van der Waals surface area contributed by atoms with E-state index >= 15 is 0 Å². The van der Waals surface area contributed by atoms with Crippen molar-refractivity contribution in [3.05, 3.63) is 53.6 Å². The highest BCUT2D eigenvalue weighted by Crippen LogP contribution is 2.30. The molecule has 0 bridgehead atoms. The molecule has 1 atom stereocenters. The summed E-state index contributed by atoms with van der Waals surface area (Å²) < 4.78 is 39.0. The smallest absolute Gasteiger partial charge is 0.380 e. The monoisotopic (exact) mass is 270 g/mol. The molecule has 0 aliphatic rings. The standard InChI is InChI=1S/C13H13F3N2O/c1-2-18-8-7-17-12(18)11(19)9-3-5-10(6-4-9)13(14,15)16/h3-8,11,19H,2H2,1H3. The number of hydrogen-bond donors (Lipinski definition) is 1. The number of nitrogens with zero attached hydrogens (tertiary/aromatic N) is 2. The van der Waals surface area contributed by atoms with E-state index in [-0.39, 0.29) is 0 Å². The van der Waals surface area contributed by atoms with E-state index in [1.807, 2.05) is 6.92 Å². The number of rotatable bonds is 3. The van der Waals surface area contributed by atoms with Crippen LogP contribution in [0.25, 0.3) is 0 Å². The molecule has 1 heterocycles. The van der Waals surface area contributed by atoms with Crippen LogP contribution in [0, 0.1) is 0 Å². The van der Waals surface area contributed by atoms with Gasteiger partial charge < -0.3 is 9.67 Å². The first-order chi connectivity index (χ1) is 8.93. The number of halogens is 3. The van der Waals surface area contributed by atoms with Gasteiger partial charge in [-0.05, 0) is 24.6 Å². The first kappa shape index (κ1) is 13.6. The van der Waals surface area contributed by atoms with Crippen molar-refractivity contribution in [2.75, 3.05) is 0 Å². The van der Waals surface area contributed by atoms with Crippen molar-refractivity contribution in [1.82, 2.24) is 9.55 Å². The lowest BCUT2D eigenvalue weighted by molar-refractivity contribution is -0.137. The predicted molar refractivity (Wildman–Crippen MR) is 63.4 cm³/mol. The molecule has 102 valence electrons. The lowest BCUT2D eigenvalue weighted by Crippen LogP contribution is -2.10. The Morgan fingerprint density at radius 1 is 1.26 bits per heavy atom. The number of imidazole rings is 1. The largest absolute Gasteiger partial charge is 0.416 e. The zero-order chi connectivity index (χ0) is 14.0. The van der Waals surface area contributed by atoms with E-state index in [2.05, 4.69) is 4.98 Å². The van der Waals surface area contributed by atoms with Crippen LogP contribution in [-0.4, -0.2) is 14.7 Å². The van der Waals surface area contributed by atoms with Crippen LogP contribution in [0.1, 0.15) is 30.0 Å². The van der Waals surface area contributed by atoms with Crippen LogP contribution >= 0.6 is 0 Å². The van der Waals surface area contributed by atoms with Gasteiger partial charge in [0, 0.05) is 18.9 Å². The second-order valence-corrected chi connectivity index (χ2v) is 4.09. The molecule has 0 saturated heterocycles. The Morgan fingerprint density at radius 2 is 1.89 bits per heavy atom. The molecule has 6 heteroatoms. The average molecular weight is 270 g/mol. The fourth-order valence-electron chi connectivity index (χ4n) is 1.84. The van der Waals surface area contributed by atoms with Gasteiger partial charge in [-0.3, -0.25) is 0 Å². The Labute approximate surface area is 108 Å². The molecule has 0 saturated carbocycles. The molecular formula is C13H13F3N2O. The van der Waals surface area contributed by atoms with Gasteiger partial charge >= 0.3 is 6.18 Å². The third-order valence-corrected chi connectivity index (χ3v) is 2.89. The first-order valence-corrected chi connectivity index (χ1v) is 5.79. The maximum absolute atomic E-state index is 12.4. The topological polar surface area (TPSA) is 38.0 Å². The van der Waals surface area contributed by atoms with Gasteiger partial charge in [0.05, 0.1) is 5.56 Å². The summed E-state index contributed by atoms with van der Waals surface area (Å²) in [7, 11) is 0. The van der Waals surface area contributed by atoms with Gasteiger partial charge in [-0.25, -0.2) is 4.98 Å². The van der Waals surface area contributed by atoms with Crippen LogP contribution < -0.4 is 0 Å². The Hall–Kier alpha value is -1.82. The third kappa shape index (κ3) is 2.78. The maximum Gasteiger partial charge on any atom is 0.416 e. The lowest BCUT2D eigenvalue weighted by Gasteiger charge is -2.13. The van der Waals surface area contributed by atoms with Crippen LogP contribution in [0.4, 0.5) is 13.2 Å². The summed E-state index contributed by atoms with van der Waals surface area (Å²) in [5, 5.41) is 10.1. The van der Waals surface area contributed by atoms with Crippen LogP contribution in [0.15, 0.2) is 36.7 Å². The minimum absolute atomic E-state index is 0.383. The van der Waals surface area contributed by atoms with Crippen molar-refractivity contribution in [2.45, 2.75) is 25.7 Å². The highest BCUT2D eigenvalue weighted by Gasteiger charge is 2.30. The number of aliphatic hydroxyl groups is 1. The molecule has 1 unspecified atom stereocenters. The molecule has 19 heavy (non-hydrogen) atoms. The number of benzene rings is 1. The summed E-state index contributed by atoms with van der Waals surface area (Å²) in [6.45, 7) is 2.53. The van der Waals surface area contributed by atoms with Crippen LogP contribution in [0.3, 0.4) is 0 Å². The first-order valence-electron chi connectivity index (χ1n) is 5.79. The van der Waals surface area contributed by atoms with Gasteiger partial charge in [0.25, 0.3) is 0 Å². The quantitative estimate of drug-likeness (QED) is 0.931. The van der Waals surface area contributed by atoms with Crippen molar-refractivity contribution in [3.63, 3.8) is 0 Å². The van der Waals surface area contributed by atoms with Gasteiger partial charge in [-0.1, -0.05) is 12.1 Å². The third-order valence-electron chi connectivity index (χ3n) is 2.89. The van der Waals surface area contributed by atoms with E-state index < -0.39 is 17.8 Å². The summed E-state index contributed by atoms with van der Waals surface area (Å²) in [6, 6.07) is 4.44. The average Bonchev–Trinajstić information content (AvgIpc) is 2.85. The van der Waals surface area contributed by atoms with Gasteiger partial charge in [0.15, 0.2) is 0 Å². The molecule has 0 aliphatic carbocycles. The molecule has 3 nitrogen and oxygen atoms in total. The van der Waals surface area contributed by atoms with E-state index in [4.69, 9.17) is 0 Å². The van der Waals surface area contributed by atoms with E-state index in [1.54, 1.807) is 17.0 Å². The summed E-state index contributed by atoms with van der Waals surface area (Å²) >= 11 is 0. The molecule has 2 aromatic rings. The molecule has 0 radical (unpaired) electrons. The molecular weight excluding hydrogens is 257 g/mol. The molecule has 1 aromatic carbocycles. The molecule has 2 rings (SSSR count). The summed E-state index contributed by atoms with van der Waals surface area (Å²) in [6.07, 6.45) is -2.14. The second kappa shape index (κ2) is 5.05. The van der Waals surface area contributed by atoms with Crippen LogP contribution in [-0.2, 0) is 12.7 Å². The highest BCUT2D eigenvalue weighted by molar-refractivity contribution is 5.28. The number of aryl methyl sites for hydroxylation is 1. The Morgan fingerprint density at radius 3 is 2.42 bits per heavy atom. The molecule has 0 aliphatic heterocycles. The SMILES string of the molecule is CCn1ccnc1C(O)c1ccc(C(F)(F)F)cc1. The normalized spacial score (nSPS) is 13.5. The molecule has 0 spiro atoms. The van der Waals surface area contributed by atoms with Crippen molar-refractivity contribution in [2.24, 2.45) is 0 Å². The minimum Gasteiger partial charge on any atom is -0.380 e. The van der Waals surface area contributed by atoms with E-state index in [0.29, 0.717) is 17.9 Å². The van der Waals surface area contributed by atoms with Crippen molar-refractivity contribution >= 4 is 0 Å². The van der Waals surface area contributed by atoms with Crippen LogP contribution in [0.5, 0.6) is 0 Å². The fourth-order valence-corrected chi connectivity index (χ4v) is 1.84. The number of aliphatic hydroxyl groups excluding tert-OH is 1. The van der Waals surface area contributed by atoms with Gasteiger partial charge in [0.2, 0.25) is 0 Å². The second-order valence-electron chi connectivity index (χ2n) is 4.09.